The predicted octanol–water partition coefficient (Wildman–Crippen LogP) is 6.74. The van der Waals surface area contributed by atoms with Gasteiger partial charge in [0.05, 0.1) is 16.5 Å². The second-order valence-electron chi connectivity index (χ2n) is 8.60. The van der Waals surface area contributed by atoms with Gasteiger partial charge in [-0.1, -0.05) is 90.3 Å². The van der Waals surface area contributed by atoms with E-state index in [1.165, 1.54) is 0 Å². The number of nitrogens with one attached hydrogen (secondary N) is 1. The fraction of sp³-hybridized carbons (Fsp3) is 0.286. The summed E-state index contributed by atoms with van der Waals surface area (Å²) in [5.41, 5.74) is 2.58. The van der Waals surface area contributed by atoms with Crippen molar-refractivity contribution in [2.45, 2.75) is 51.7 Å². The molecule has 0 aromatic heterocycles. The molecule has 3 aromatic carbocycles. The average Bonchev–Trinajstić information content (AvgIpc) is 2.85. The molecule has 0 saturated heterocycles. The van der Waals surface area contributed by atoms with Crippen molar-refractivity contribution >= 4 is 46.6 Å². The molecule has 35 heavy (non-hydrogen) atoms. The van der Waals surface area contributed by atoms with Gasteiger partial charge in [0.25, 0.3) is 0 Å². The lowest BCUT2D eigenvalue weighted by molar-refractivity contribution is -0.141. The van der Waals surface area contributed by atoms with Gasteiger partial charge < -0.3 is 10.2 Å². The summed E-state index contributed by atoms with van der Waals surface area (Å²) in [6, 6.07) is 21.5. The van der Waals surface area contributed by atoms with Crippen LogP contribution in [-0.2, 0) is 29.0 Å². The van der Waals surface area contributed by atoms with Crippen LogP contribution in [0.3, 0.4) is 0 Å². The highest BCUT2D eigenvalue weighted by Crippen LogP contribution is 2.24. The maximum atomic E-state index is 13.7. The smallest absolute Gasteiger partial charge is 0.243 e. The third-order valence-corrected chi connectivity index (χ3v) is 6.87. The number of nitrogens with zero attached hydrogens (tertiary/aromatic N) is 1. The van der Waals surface area contributed by atoms with Gasteiger partial charge in [0.2, 0.25) is 11.8 Å². The summed E-state index contributed by atoms with van der Waals surface area (Å²) in [6.07, 6.45) is 1.27. The van der Waals surface area contributed by atoms with Gasteiger partial charge in [0, 0.05) is 24.0 Å². The Balaban J connectivity index is 1.97. The standard InChI is InChI=1S/C28H29Cl3N2O2/c1-3-19(2)32-28(35)26(16-20-7-5-4-6-8-20)33(18-21-9-12-23(29)13-10-21)27(34)17-22-11-14-24(30)25(31)15-22/h4-15,19,26H,3,16-18H2,1-2H3,(H,32,35)/t19-,26-/m1/s1. The highest BCUT2D eigenvalue weighted by atomic mass is 35.5. The second-order valence-corrected chi connectivity index (χ2v) is 9.85. The molecule has 2 amide bonds. The van der Waals surface area contributed by atoms with Gasteiger partial charge in [0.15, 0.2) is 0 Å². The van der Waals surface area contributed by atoms with Crippen LogP contribution in [0.4, 0.5) is 0 Å². The summed E-state index contributed by atoms with van der Waals surface area (Å²) in [5.74, 6) is -0.363. The Labute approximate surface area is 222 Å². The van der Waals surface area contributed by atoms with Crippen LogP contribution < -0.4 is 5.32 Å². The topological polar surface area (TPSA) is 49.4 Å². The summed E-state index contributed by atoms with van der Waals surface area (Å²) in [7, 11) is 0. The number of hydrogen-bond acceptors (Lipinski definition) is 2. The highest BCUT2D eigenvalue weighted by molar-refractivity contribution is 6.42. The SMILES string of the molecule is CC[C@@H](C)NC(=O)[C@@H](Cc1ccccc1)N(Cc1ccc(Cl)cc1)C(=O)Cc1ccc(Cl)c(Cl)c1. The zero-order chi connectivity index (χ0) is 25.4. The van der Waals surface area contributed by atoms with E-state index in [2.05, 4.69) is 5.32 Å². The van der Waals surface area contributed by atoms with E-state index in [1.807, 2.05) is 56.3 Å². The summed E-state index contributed by atoms with van der Waals surface area (Å²) in [4.78, 5) is 28.9. The second kappa shape index (κ2) is 13.0. The lowest BCUT2D eigenvalue weighted by atomic mass is 10.0. The van der Waals surface area contributed by atoms with Crippen molar-refractivity contribution in [2.24, 2.45) is 0 Å². The molecule has 184 valence electrons. The van der Waals surface area contributed by atoms with Crippen LogP contribution >= 0.6 is 34.8 Å². The van der Waals surface area contributed by atoms with E-state index in [1.54, 1.807) is 35.2 Å². The number of halogens is 3. The fourth-order valence-electron chi connectivity index (χ4n) is 3.71. The predicted molar refractivity (Wildman–Crippen MR) is 144 cm³/mol. The minimum Gasteiger partial charge on any atom is -0.352 e. The molecule has 0 bridgehead atoms. The summed E-state index contributed by atoms with van der Waals surface area (Å²) >= 11 is 18.3. The zero-order valence-corrected chi connectivity index (χ0v) is 22.1. The molecule has 7 heteroatoms. The molecule has 0 aliphatic carbocycles. The van der Waals surface area contributed by atoms with Gasteiger partial charge in [-0.05, 0) is 54.3 Å². The molecule has 0 unspecified atom stereocenters. The molecule has 0 radical (unpaired) electrons. The van der Waals surface area contributed by atoms with Gasteiger partial charge in [0.1, 0.15) is 6.04 Å². The highest BCUT2D eigenvalue weighted by Gasteiger charge is 2.31. The van der Waals surface area contributed by atoms with Gasteiger partial charge in [-0.2, -0.15) is 0 Å². The van der Waals surface area contributed by atoms with Gasteiger partial charge in [-0.3, -0.25) is 9.59 Å². The molecule has 0 spiro atoms. The van der Waals surface area contributed by atoms with Crippen LogP contribution in [0, 0.1) is 0 Å². The quantitative estimate of drug-likeness (QED) is 0.315. The van der Waals surface area contributed by atoms with Gasteiger partial charge >= 0.3 is 0 Å². The van der Waals surface area contributed by atoms with Crippen LogP contribution in [0.15, 0.2) is 72.8 Å². The Morgan fingerprint density at radius 1 is 0.857 bits per heavy atom. The van der Waals surface area contributed by atoms with Crippen LogP contribution in [-0.4, -0.2) is 28.8 Å². The first-order valence-electron chi connectivity index (χ1n) is 11.6. The van der Waals surface area contributed by atoms with Crippen LogP contribution in [0.5, 0.6) is 0 Å². The van der Waals surface area contributed by atoms with Crippen molar-refractivity contribution in [3.63, 3.8) is 0 Å². The normalized spacial score (nSPS) is 12.6. The Morgan fingerprint density at radius 2 is 1.51 bits per heavy atom. The zero-order valence-electron chi connectivity index (χ0n) is 19.8. The van der Waals surface area contributed by atoms with Crippen LogP contribution in [0.2, 0.25) is 15.1 Å². The van der Waals surface area contributed by atoms with Crippen molar-refractivity contribution in [3.8, 4) is 0 Å². The molecule has 0 aliphatic heterocycles. The largest absolute Gasteiger partial charge is 0.352 e. The lowest BCUT2D eigenvalue weighted by Crippen LogP contribution is -2.52. The number of benzene rings is 3. The van der Waals surface area contributed by atoms with Crippen molar-refractivity contribution in [1.82, 2.24) is 10.2 Å². The maximum Gasteiger partial charge on any atom is 0.243 e. The van der Waals surface area contributed by atoms with Crippen molar-refractivity contribution in [3.05, 3.63) is 105 Å². The van der Waals surface area contributed by atoms with E-state index >= 15 is 0 Å². The number of carbonyl (C=O) groups excluding carboxylic acids is 2. The van der Waals surface area contributed by atoms with E-state index in [0.717, 1.165) is 23.1 Å². The molecule has 3 rings (SSSR count). The molecule has 4 nitrogen and oxygen atoms in total. The van der Waals surface area contributed by atoms with Crippen molar-refractivity contribution in [1.29, 1.82) is 0 Å². The third-order valence-electron chi connectivity index (χ3n) is 5.88. The van der Waals surface area contributed by atoms with Crippen molar-refractivity contribution in [2.75, 3.05) is 0 Å². The monoisotopic (exact) mass is 530 g/mol. The van der Waals surface area contributed by atoms with E-state index in [4.69, 9.17) is 34.8 Å². The van der Waals surface area contributed by atoms with Crippen LogP contribution in [0.1, 0.15) is 37.0 Å². The first kappa shape index (κ1) is 27.1. The Bertz CT molecular complexity index is 1140. The Morgan fingerprint density at radius 3 is 2.14 bits per heavy atom. The summed E-state index contributed by atoms with van der Waals surface area (Å²) in [5, 5.41) is 4.49. The molecule has 0 heterocycles. The third kappa shape index (κ3) is 7.99. The summed E-state index contributed by atoms with van der Waals surface area (Å²) in [6.45, 7) is 4.24. The molecule has 2 atom stereocenters. The van der Waals surface area contributed by atoms with E-state index < -0.39 is 6.04 Å². The molecule has 0 fully saturated rings. The van der Waals surface area contributed by atoms with Crippen molar-refractivity contribution < 1.29 is 9.59 Å². The molecule has 1 N–H and O–H groups in total. The van der Waals surface area contributed by atoms with E-state index in [9.17, 15) is 9.59 Å². The van der Waals surface area contributed by atoms with E-state index in [0.29, 0.717) is 21.5 Å². The molecule has 3 aromatic rings. The minimum absolute atomic E-state index is 0.0108. The van der Waals surface area contributed by atoms with Gasteiger partial charge in [-0.15, -0.1) is 0 Å². The molecule has 0 saturated carbocycles. The first-order valence-corrected chi connectivity index (χ1v) is 12.7. The Kier molecular flexibility index (Phi) is 10.0. The number of rotatable bonds is 10. The first-order chi connectivity index (χ1) is 16.8. The summed E-state index contributed by atoms with van der Waals surface area (Å²) < 4.78 is 0. The number of amides is 2. The average molecular weight is 532 g/mol. The number of hydrogen-bond donors (Lipinski definition) is 1. The maximum absolute atomic E-state index is 13.7. The molecular formula is C28H29Cl3N2O2. The molecular weight excluding hydrogens is 503 g/mol. The lowest BCUT2D eigenvalue weighted by Gasteiger charge is -2.32. The van der Waals surface area contributed by atoms with Gasteiger partial charge in [-0.25, -0.2) is 0 Å². The van der Waals surface area contributed by atoms with Crippen LogP contribution in [0.25, 0.3) is 0 Å². The molecule has 0 aliphatic rings. The minimum atomic E-state index is -0.697. The number of carbonyl (C=O) groups is 2. The fourth-order valence-corrected chi connectivity index (χ4v) is 4.15. The van der Waals surface area contributed by atoms with E-state index in [-0.39, 0.29) is 30.8 Å². The Hall–Kier alpha value is -2.53.